The minimum absolute atomic E-state index is 0.196. The molecule has 0 saturated heterocycles. The average Bonchev–Trinajstić information content (AvgIpc) is 2.42. The Bertz CT molecular complexity index is 595. The van der Waals surface area contributed by atoms with Crippen LogP contribution in [0.5, 0.6) is 0 Å². The highest BCUT2D eigenvalue weighted by Gasteiger charge is 2.30. The first-order valence-electron chi connectivity index (χ1n) is 8.48. The first-order valence-corrected chi connectivity index (χ1v) is 8.48. The molecule has 0 amide bonds. The van der Waals surface area contributed by atoms with Gasteiger partial charge in [-0.15, -0.1) is 0 Å². The lowest BCUT2D eigenvalue weighted by molar-refractivity contribution is -0.121. The van der Waals surface area contributed by atoms with E-state index in [1.54, 1.807) is 0 Å². The van der Waals surface area contributed by atoms with Crippen molar-refractivity contribution in [2.24, 2.45) is 0 Å². The zero-order valence-electron chi connectivity index (χ0n) is 15.4. The third-order valence-electron chi connectivity index (χ3n) is 4.31. The summed E-state index contributed by atoms with van der Waals surface area (Å²) < 4.78 is 6.54. The van der Waals surface area contributed by atoms with Gasteiger partial charge in [0.15, 0.2) is 0 Å². The third-order valence-corrected chi connectivity index (χ3v) is 4.31. The van der Waals surface area contributed by atoms with Crippen LogP contribution in [-0.4, -0.2) is 11.2 Å². The summed E-state index contributed by atoms with van der Waals surface area (Å²) in [6, 6.07) is 17.1. The van der Waals surface area contributed by atoms with Crippen LogP contribution in [0, 0.1) is 13.8 Å². The Morgan fingerprint density at radius 3 is 1.35 bits per heavy atom. The Balaban J connectivity index is 2.09. The largest absolute Gasteiger partial charge is 0.369 e. The van der Waals surface area contributed by atoms with Crippen LogP contribution in [0.4, 0.5) is 0 Å². The van der Waals surface area contributed by atoms with Gasteiger partial charge in [-0.3, -0.25) is 0 Å². The van der Waals surface area contributed by atoms with Crippen LogP contribution in [0.15, 0.2) is 48.5 Å². The van der Waals surface area contributed by atoms with Crippen molar-refractivity contribution >= 4 is 0 Å². The van der Waals surface area contributed by atoms with Crippen LogP contribution in [0.2, 0.25) is 0 Å². The van der Waals surface area contributed by atoms with Gasteiger partial charge in [-0.05, 0) is 63.8 Å². The number of benzene rings is 2. The molecule has 0 aliphatic heterocycles. The van der Waals surface area contributed by atoms with Crippen LogP contribution in [0.1, 0.15) is 49.9 Å². The Hall–Kier alpha value is -1.60. The SMILES string of the molecule is Cc1ccccc1CC(C)(C)OC(C)(C)Cc1ccccc1C. The maximum atomic E-state index is 6.54. The van der Waals surface area contributed by atoms with Crippen molar-refractivity contribution in [1.29, 1.82) is 0 Å². The first kappa shape index (κ1) is 17.7. The standard InChI is InChI=1S/C22H30O/c1-17-11-7-9-13-19(17)15-21(3,4)23-22(5,6)16-20-14-10-8-12-18(20)2/h7-14H,15-16H2,1-6H3. The maximum Gasteiger partial charge on any atom is 0.0674 e. The lowest BCUT2D eigenvalue weighted by Crippen LogP contribution is -2.40. The van der Waals surface area contributed by atoms with E-state index in [2.05, 4.69) is 90.1 Å². The smallest absolute Gasteiger partial charge is 0.0674 e. The second kappa shape index (κ2) is 6.88. The van der Waals surface area contributed by atoms with Gasteiger partial charge in [0.1, 0.15) is 0 Å². The van der Waals surface area contributed by atoms with Crippen molar-refractivity contribution < 1.29 is 4.74 Å². The number of aryl methyl sites for hydroxylation is 2. The van der Waals surface area contributed by atoms with Gasteiger partial charge >= 0.3 is 0 Å². The maximum absolute atomic E-state index is 6.54. The fraction of sp³-hybridized carbons (Fsp3) is 0.455. The van der Waals surface area contributed by atoms with Gasteiger partial charge in [0.25, 0.3) is 0 Å². The molecule has 0 aliphatic carbocycles. The van der Waals surface area contributed by atoms with Crippen LogP contribution < -0.4 is 0 Å². The molecular formula is C22H30O. The zero-order chi connectivity index (χ0) is 17.1. The second-order valence-electron chi connectivity index (χ2n) is 7.83. The van der Waals surface area contributed by atoms with Gasteiger partial charge in [0, 0.05) is 12.8 Å². The predicted octanol–water partition coefficient (Wildman–Crippen LogP) is 5.66. The molecule has 0 aromatic heterocycles. The molecule has 0 heterocycles. The zero-order valence-corrected chi connectivity index (χ0v) is 15.4. The molecule has 0 aliphatic rings. The minimum atomic E-state index is -0.196. The van der Waals surface area contributed by atoms with E-state index in [4.69, 9.17) is 4.74 Å². The highest BCUT2D eigenvalue weighted by atomic mass is 16.5. The molecule has 0 unspecified atom stereocenters. The summed E-state index contributed by atoms with van der Waals surface area (Å²) in [4.78, 5) is 0. The number of ether oxygens (including phenoxy) is 1. The molecule has 0 spiro atoms. The summed E-state index contributed by atoms with van der Waals surface area (Å²) in [5.74, 6) is 0. The molecule has 0 N–H and O–H groups in total. The van der Waals surface area contributed by atoms with Gasteiger partial charge < -0.3 is 4.74 Å². The van der Waals surface area contributed by atoms with Crippen molar-refractivity contribution in [2.45, 2.75) is 65.6 Å². The number of rotatable bonds is 6. The van der Waals surface area contributed by atoms with Crippen molar-refractivity contribution in [3.8, 4) is 0 Å². The Morgan fingerprint density at radius 1 is 0.652 bits per heavy atom. The topological polar surface area (TPSA) is 9.23 Å². The third kappa shape index (κ3) is 5.21. The van der Waals surface area contributed by atoms with E-state index in [1.807, 2.05) is 0 Å². The number of hydrogen-bond donors (Lipinski definition) is 0. The van der Waals surface area contributed by atoms with Crippen LogP contribution in [-0.2, 0) is 17.6 Å². The molecule has 124 valence electrons. The molecule has 0 saturated carbocycles. The summed E-state index contributed by atoms with van der Waals surface area (Å²) in [6.07, 6.45) is 1.85. The lowest BCUT2D eigenvalue weighted by Gasteiger charge is -2.37. The Morgan fingerprint density at radius 2 is 1.00 bits per heavy atom. The van der Waals surface area contributed by atoms with Crippen molar-refractivity contribution in [3.05, 3.63) is 70.8 Å². The second-order valence-corrected chi connectivity index (χ2v) is 7.83. The summed E-state index contributed by atoms with van der Waals surface area (Å²) >= 11 is 0. The summed E-state index contributed by atoms with van der Waals surface area (Å²) in [6.45, 7) is 13.1. The molecule has 0 fully saturated rings. The van der Waals surface area contributed by atoms with Gasteiger partial charge in [-0.2, -0.15) is 0 Å². The van der Waals surface area contributed by atoms with Gasteiger partial charge in [-0.1, -0.05) is 48.5 Å². The molecule has 1 heteroatoms. The molecule has 0 atom stereocenters. The van der Waals surface area contributed by atoms with Gasteiger partial charge in [0.2, 0.25) is 0 Å². The van der Waals surface area contributed by atoms with Crippen LogP contribution >= 0.6 is 0 Å². The quantitative estimate of drug-likeness (QED) is 0.668. The molecule has 0 radical (unpaired) electrons. The summed E-state index contributed by atoms with van der Waals surface area (Å²) in [7, 11) is 0. The van der Waals surface area contributed by atoms with Crippen LogP contribution in [0.3, 0.4) is 0 Å². The predicted molar refractivity (Wildman–Crippen MR) is 99.0 cm³/mol. The highest BCUT2D eigenvalue weighted by molar-refractivity contribution is 5.28. The fourth-order valence-electron chi connectivity index (χ4n) is 3.35. The van der Waals surface area contributed by atoms with Gasteiger partial charge in [0.05, 0.1) is 11.2 Å². The monoisotopic (exact) mass is 310 g/mol. The fourth-order valence-corrected chi connectivity index (χ4v) is 3.35. The lowest BCUT2D eigenvalue weighted by atomic mass is 9.91. The average molecular weight is 310 g/mol. The highest BCUT2D eigenvalue weighted by Crippen LogP contribution is 2.28. The van der Waals surface area contributed by atoms with E-state index in [0.717, 1.165) is 12.8 Å². The molecule has 23 heavy (non-hydrogen) atoms. The molecular weight excluding hydrogens is 280 g/mol. The normalized spacial score (nSPS) is 12.4. The molecule has 2 rings (SSSR count). The van der Waals surface area contributed by atoms with Crippen molar-refractivity contribution in [2.75, 3.05) is 0 Å². The summed E-state index contributed by atoms with van der Waals surface area (Å²) in [5, 5.41) is 0. The van der Waals surface area contributed by atoms with E-state index in [9.17, 15) is 0 Å². The Labute approximate surface area is 141 Å². The Kier molecular flexibility index (Phi) is 5.31. The molecule has 0 bridgehead atoms. The van der Waals surface area contributed by atoms with E-state index in [-0.39, 0.29) is 11.2 Å². The van der Waals surface area contributed by atoms with Crippen molar-refractivity contribution in [3.63, 3.8) is 0 Å². The van der Waals surface area contributed by atoms with E-state index >= 15 is 0 Å². The van der Waals surface area contributed by atoms with Crippen LogP contribution in [0.25, 0.3) is 0 Å². The van der Waals surface area contributed by atoms with E-state index in [0.29, 0.717) is 0 Å². The van der Waals surface area contributed by atoms with Crippen molar-refractivity contribution in [1.82, 2.24) is 0 Å². The summed E-state index contributed by atoms with van der Waals surface area (Å²) in [5.41, 5.74) is 5.01. The van der Waals surface area contributed by atoms with E-state index < -0.39 is 0 Å². The minimum Gasteiger partial charge on any atom is -0.369 e. The first-order chi connectivity index (χ1) is 10.7. The molecule has 1 nitrogen and oxygen atoms in total. The molecule has 2 aromatic rings. The molecule has 2 aromatic carbocycles. The van der Waals surface area contributed by atoms with Gasteiger partial charge in [-0.25, -0.2) is 0 Å². The number of hydrogen-bond acceptors (Lipinski definition) is 1. The van der Waals surface area contributed by atoms with E-state index in [1.165, 1.54) is 22.3 Å².